The van der Waals surface area contributed by atoms with Gasteiger partial charge in [0.15, 0.2) is 0 Å². The molecule has 1 N–H and O–H groups in total. The molecule has 1 aromatic heterocycles. The summed E-state index contributed by atoms with van der Waals surface area (Å²) in [5.74, 6) is 1.01. The van der Waals surface area contributed by atoms with Crippen molar-refractivity contribution in [2.45, 2.75) is 64.8 Å². The van der Waals surface area contributed by atoms with E-state index in [-0.39, 0.29) is 25.0 Å². The van der Waals surface area contributed by atoms with Crippen LogP contribution in [0.5, 0.6) is 5.75 Å². The first kappa shape index (κ1) is 25.2. The summed E-state index contributed by atoms with van der Waals surface area (Å²) in [5.41, 5.74) is 4.23. The van der Waals surface area contributed by atoms with Crippen molar-refractivity contribution >= 4 is 23.1 Å². The Morgan fingerprint density at radius 1 is 1.14 bits per heavy atom. The van der Waals surface area contributed by atoms with Gasteiger partial charge >= 0.3 is 12.1 Å². The third kappa shape index (κ3) is 6.03. The van der Waals surface area contributed by atoms with Gasteiger partial charge in [-0.05, 0) is 62.9 Å². The van der Waals surface area contributed by atoms with Gasteiger partial charge in [0, 0.05) is 24.6 Å². The van der Waals surface area contributed by atoms with Crippen LogP contribution in [0.4, 0.5) is 4.79 Å². The van der Waals surface area contributed by atoms with Gasteiger partial charge in [0.2, 0.25) is 0 Å². The van der Waals surface area contributed by atoms with Gasteiger partial charge in [0.05, 0.1) is 35.7 Å². The molecule has 0 unspecified atom stereocenters. The molecule has 3 aromatic rings. The maximum absolute atomic E-state index is 13.2. The van der Waals surface area contributed by atoms with E-state index in [4.69, 9.17) is 19.7 Å². The van der Waals surface area contributed by atoms with E-state index in [1.54, 1.807) is 17.9 Å². The molecule has 188 valence electrons. The fraction of sp³-hybridized carbons (Fsp3) is 0.429. The van der Waals surface area contributed by atoms with Crippen LogP contribution in [0.1, 0.15) is 61.5 Å². The molecular weight excluding hydrogens is 456 g/mol. The fourth-order valence-corrected chi connectivity index (χ4v) is 4.72. The molecule has 1 amide bonds. The predicted octanol–water partition coefficient (Wildman–Crippen LogP) is 5.22. The number of nitriles is 1. The van der Waals surface area contributed by atoms with Crippen LogP contribution < -0.4 is 4.74 Å². The Labute approximate surface area is 211 Å². The standard InChI is InChI=1S/C28H32N4O4/c1-3-35-26(33)16-17-32(22-6-4-5-7-22)28(34)36-24-14-13-23-27(19(24)2)31-25(30-23)15-12-20-8-10-21(18-29)11-9-20/h8-11,13-14,22H,3-7,12,15-17H2,1-2H3,(H,30,31). The van der Waals surface area contributed by atoms with Gasteiger partial charge in [0.1, 0.15) is 11.6 Å². The van der Waals surface area contributed by atoms with Crippen LogP contribution >= 0.6 is 0 Å². The Hall–Kier alpha value is -3.86. The molecule has 0 atom stereocenters. The second-order valence-electron chi connectivity index (χ2n) is 9.13. The van der Waals surface area contributed by atoms with Gasteiger partial charge in [-0.2, -0.15) is 5.26 Å². The summed E-state index contributed by atoms with van der Waals surface area (Å²) in [6.07, 6.45) is 5.19. The highest BCUT2D eigenvalue weighted by atomic mass is 16.6. The van der Waals surface area contributed by atoms with Crippen LogP contribution in [-0.4, -0.2) is 46.1 Å². The first-order chi connectivity index (χ1) is 17.5. The summed E-state index contributed by atoms with van der Waals surface area (Å²) >= 11 is 0. The maximum Gasteiger partial charge on any atom is 0.415 e. The van der Waals surface area contributed by atoms with Crippen LogP contribution in [-0.2, 0) is 22.4 Å². The first-order valence-corrected chi connectivity index (χ1v) is 12.6. The van der Waals surface area contributed by atoms with Crippen molar-refractivity contribution in [1.82, 2.24) is 14.9 Å². The zero-order chi connectivity index (χ0) is 25.5. The second kappa shape index (κ2) is 11.7. The number of fused-ring (bicyclic) bond motifs is 1. The fourth-order valence-electron chi connectivity index (χ4n) is 4.72. The lowest BCUT2D eigenvalue weighted by atomic mass is 10.1. The van der Waals surface area contributed by atoms with Gasteiger partial charge in [0.25, 0.3) is 0 Å². The number of nitrogens with one attached hydrogen (secondary N) is 1. The largest absolute Gasteiger partial charge is 0.466 e. The number of esters is 1. The average Bonchev–Trinajstić information content (AvgIpc) is 3.56. The molecule has 1 saturated carbocycles. The van der Waals surface area contributed by atoms with Crippen molar-refractivity contribution in [3.63, 3.8) is 0 Å². The molecule has 8 heteroatoms. The molecule has 0 radical (unpaired) electrons. The highest BCUT2D eigenvalue weighted by Crippen LogP contribution is 2.29. The molecule has 36 heavy (non-hydrogen) atoms. The molecular formula is C28H32N4O4. The van der Waals surface area contributed by atoms with E-state index in [0.29, 0.717) is 17.9 Å². The van der Waals surface area contributed by atoms with Crippen LogP contribution in [0.2, 0.25) is 0 Å². The minimum atomic E-state index is -0.440. The second-order valence-corrected chi connectivity index (χ2v) is 9.13. The molecule has 4 rings (SSSR count). The topological polar surface area (TPSA) is 108 Å². The first-order valence-electron chi connectivity index (χ1n) is 12.6. The lowest BCUT2D eigenvalue weighted by Crippen LogP contribution is -2.42. The number of aromatic amines is 1. The minimum absolute atomic E-state index is 0.0789. The van der Waals surface area contributed by atoms with Crippen molar-refractivity contribution < 1.29 is 19.1 Å². The number of H-pyrrole nitrogens is 1. The molecule has 1 fully saturated rings. The average molecular weight is 489 g/mol. The van der Waals surface area contributed by atoms with Crippen molar-refractivity contribution in [3.8, 4) is 11.8 Å². The predicted molar refractivity (Wildman–Crippen MR) is 136 cm³/mol. The van der Waals surface area contributed by atoms with E-state index >= 15 is 0 Å². The Morgan fingerprint density at radius 2 is 1.89 bits per heavy atom. The molecule has 1 aliphatic rings. The Morgan fingerprint density at radius 3 is 2.58 bits per heavy atom. The summed E-state index contributed by atoms with van der Waals surface area (Å²) < 4.78 is 10.9. The number of carbonyl (C=O) groups is 2. The summed E-state index contributed by atoms with van der Waals surface area (Å²) in [5, 5.41) is 8.96. The lowest BCUT2D eigenvalue weighted by Gasteiger charge is -2.28. The summed E-state index contributed by atoms with van der Waals surface area (Å²) in [6.45, 7) is 4.28. The molecule has 1 heterocycles. The number of hydrogen-bond donors (Lipinski definition) is 1. The number of aromatic nitrogens is 2. The van der Waals surface area contributed by atoms with Gasteiger partial charge < -0.3 is 19.4 Å². The van der Waals surface area contributed by atoms with E-state index in [2.05, 4.69) is 11.1 Å². The number of rotatable bonds is 9. The molecule has 1 aliphatic carbocycles. The maximum atomic E-state index is 13.2. The van der Waals surface area contributed by atoms with E-state index in [9.17, 15) is 9.59 Å². The number of ether oxygens (including phenoxy) is 2. The number of nitrogens with zero attached hydrogens (tertiary/aromatic N) is 3. The Kier molecular flexibility index (Phi) is 8.21. The van der Waals surface area contributed by atoms with Gasteiger partial charge in [-0.25, -0.2) is 9.78 Å². The van der Waals surface area contributed by atoms with E-state index < -0.39 is 6.09 Å². The van der Waals surface area contributed by atoms with Crippen LogP contribution in [0.25, 0.3) is 11.0 Å². The minimum Gasteiger partial charge on any atom is -0.466 e. The van der Waals surface area contributed by atoms with Crippen molar-refractivity contribution in [3.05, 3.63) is 58.9 Å². The van der Waals surface area contributed by atoms with Gasteiger partial charge in [-0.15, -0.1) is 0 Å². The van der Waals surface area contributed by atoms with Crippen LogP contribution in [0.3, 0.4) is 0 Å². The van der Waals surface area contributed by atoms with Gasteiger partial charge in [-0.1, -0.05) is 25.0 Å². The van der Waals surface area contributed by atoms with Gasteiger partial charge in [-0.3, -0.25) is 4.79 Å². The van der Waals surface area contributed by atoms with E-state index in [1.807, 2.05) is 37.3 Å². The summed E-state index contributed by atoms with van der Waals surface area (Å²) in [6, 6.07) is 13.4. The van der Waals surface area contributed by atoms with Crippen LogP contribution in [0.15, 0.2) is 36.4 Å². The molecule has 8 nitrogen and oxygen atoms in total. The normalized spacial score (nSPS) is 13.5. The Bertz CT molecular complexity index is 1250. The molecule has 0 saturated heterocycles. The molecule has 2 aromatic carbocycles. The van der Waals surface area contributed by atoms with Crippen LogP contribution in [0, 0.1) is 18.3 Å². The van der Waals surface area contributed by atoms with Crippen molar-refractivity contribution in [2.24, 2.45) is 0 Å². The quantitative estimate of drug-likeness (QED) is 0.414. The SMILES string of the molecule is CCOC(=O)CCN(C(=O)Oc1ccc2[nH]c(CCc3ccc(C#N)cc3)nc2c1C)C1CCCC1. The van der Waals surface area contributed by atoms with E-state index in [0.717, 1.165) is 66.5 Å². The number of aryl methyl sites for hydroxylation is 3. The highest BCUT2D eigenvalue weighted by Gasteiger charge is 2.29. The monoisotopic (exact) mass is 488 g/mol. The zero-order valence-electron chi connectivity index (χ0n) is 20.9. The number of imidazole rings is 1. The van der Waals surface area contributed by atoms with E-state index in [1.165, 1.54) is 0 Å². The summed E-state index contributed by atoms with van der Waals surface area (Å²) in [4.78, 5) is 34.9. The molecule has 0 spiro atoms. The Balaban J connectivity index is 1.45. The summed E-state index contributed by atoms with van der Waals surface area (Å²) in [7, 11) is 0. The van der Waals surface area contributed by atoms with Crippen molar-refractivity contribution in [1.29, 1.82) is 5.26 Å². The molecule has 0 bridgehead atoms. The third-order valence-electron chi connectivity index (χ3n) is 6.70. The third-order valence-corrected chi connectivity index (χ3v) is 6.70. The number of amides is 1. The number of carbonyl (C=O) groups excluding carboxylic acids is 2. The smallest absolute Gasteiger partial charge is 0.415 e. The number of benzene rings is 2. The van der Waals surface area contributed by atoms with Crippen molar-refractivity contribution in [2.75, 3.05) is 13.2 Å². The highest BCUT2D eigenvalue weighted by molar-refractivity contribution is 5.83. The lowest BCUT2D eigenvalue weighted by molar-refractivity contribution is -0.143. The number of hydrogen-bond acceptors (Lipinski definition) is 6. The molecule has 0 aliphatic heterocycles. The zero-order valence-corrected chi connectivity index (χ0v) is 20.9.